The van der Waals surface area contributed by atoms with E-state index < -0.39 is 0 Å². The Bertz CT molecular complexity index is 764. The number of aromatic nitrogens is 1. The second kappa shape index (κ2) is 9.68. The van der Waals surface area contributed by atoms with Gasteiger partial charge in [-0.3, -0.25) is 4.99 Å². The summed E-state index contributed by atoms with van der Waals surface area (Å²) in [6, 6.07) is 12.8. The van der Waals surface area contributed by atoms with Gasteiger partial charge in [0.05, 0.1) is 0 Å². The van der Waals surface area contributed by atoms with Crippen molar-refractivity contribution in [3.8, 4) is 0 Å². The summed E-state index contributed by atoms with van der Waals surface area (Å²) in [6.45, 7) is 2.71. The van der Waals surface area contributed by atoms with Gasteiger partial charge in [-0.15, -0.1) is 24.0 Å². The van der Waals surface area contributed by atoms with E-state index in [9.17, 15) is 0 Å². The van der Waals surface area contributed by atoms with E-state index in [4.69, 9.17) is 0 Å². The topological polar surface area (TPSA) is 41.4 Å². The molecule has 0 aliphatic heterocycles. The van der Waals surface area contributed by atoms with Crippen LogP contribution in [0.2, 0.25) is 0 Å². The van der Waals surface area contributed by atoms with Gasteiger partial charge in [0.15, 0.2) is 5.96 Å². The Morgan fingerprint density at radius 3 is 2.83 bits per heavy atom. The van der Waals surface area contributed by atoms with E-state index in [2.05, 4.69) is 73.5 Å². The van der Waals surface area contributed by atoms with Gasteiger partial charge in [-0.2, -0.15) is 11.3 Å². The third-order valence-corrected chi connectivity index (χ3v) is 4.54. The van der Waals surface area contributed by atoms with Crippen molar-refractivity contribution in [1.29, 1.82) is 0 Å². The first-order valence-electron chi connectivity index (χ1n) is 7.86. The monoisotopic (exact) mass is 454 g/mol. The highest BCUT2D eigenvalue weighted by Crippen LogP contribution is 2.15. The first kappa shape index (κ1) is 18.8. The maximum absolute atomic E-state index is 4.26. The van der Waals surface area contributed by atoms with Gasteiger partial charge in [0.25, 0.3) is 0 Å². The van der Waals surface area contributed by atoms with E-state index in [0.717, 1.165) is 32.0 Å². The quantitative estimate of drug-likeness (QED) is 0.255. The van der Waals surface area contributed by atoms with E-state index in [0.29, 0.717) is 0 Å². The van der Waals surface area contributed by atoms with Crippen LogP contribution < -0.4 is 10.6 Å². The largest absolute Gasteiger partial charge is 0.356 e. The Hall–Kier alpha value is -1.54. The van der Waals surface area contributed by atoms with E-state index in [1.807, 2.05) is 7.05 Å². The molecule has 6 heteroatoms. The van der Waals surface area contributed by atoms with Crippen molar-refractivity contribution in [2.24, 2.45) is 4.99 Å². The van der Waals surface area contributed by atoms with Crippen LogP contribution in [0.25, 0.3) is 10.9 Å². The number of benzene rings is 1. The molecular weight excluding hydrogens is 431 g/mol. The molecule has 4 nitrogen and oxygen atoms in total. The molecule has 2 N–H and O–H groups in total. The normalized spacial score (nSPS) is 11.3. The number of rotatable bonds is 6. The van der Waals surface area contributed by atoms with Crippen LogP contribution >= 0.6 is 35.3 Å². The highest BCUT2D eigenvalue weighted by atomic mass is 127. The first-order valence-corrected chi connectivity index (χ1v) is 8.80. The Morgan fingerprint density at radius 1 is 1.17 bits per heavy atom. The number of hydrogen-bond acceptors (Lipinski definition) is 2. The summed E-state index contributed by atoms with van der Waals surface area (Å²) < 4.78 is 2.30. The van der Waals surface area contributed by atoms with E-state index in [1.54, 1.807) is 11.3 Å². The zero-order valence-corrected chi connectivity index (χ0v) is 16.9. The lowest BCUT2D eigenvalue weighted by Gasteiger charge is -2.12. The fraction of sp³-hybridized carbons (Fsp3) is 0.278. The van der Waals surface area contributed by atoms with Gasteiger partial charge in [0, 0.05) is 38.4 Å². The molecule has 0 amide bonds. The van der Waals surface area contributed by atoms with Crippen LogP contribution in [-0.2, 0) is 13.1 Å². The highest BCUT2D eigenvalue weighted by Gasteiger charge is 2.01. The molecule has 128 valence electrons. The maximum atomic E-state index is 4.26. The number of thiophene rings is 1. The number of aryl methyl sites for hydroxylation is 1. The Morgan fingerprint density at radius 2 is 2.04 bits per heavy atom. The van der Waals surface area contributed by atoms with E-state index in [-0.39, 0.29) is 24.0 Å². The van der Waals surface area contributed by atoms with Gasteiger partial charge in [-0.1, -0.05) is 18.2 Å². The lowest BCUT2D eigenvalue weighted by molar-refractivity contribution is 0.641. The smallest absolute Gasteiger partial charge is 0.191 e. The third kappa shape index (κ3) is 4.98. The second-order valence-corrected chi connectivity index (χ2v) is 6.19. The highest BCUT2D eigenvalue weighted by molar-refractivity contribution is 14.0. The molecule has 0 saturated carbocycles. The van der Waals surface area contributed by atoms with Gasteiger partial charge in [0.1, 0.15) is 0 Å². The number of guanidine groups is 1. The fourth-order valence-corrected chi connectivity index (χ4v) is 3.26. The molecule has 3 rings (SSSR count). The molecule has 3 aromatic rings. The van der Waals surface area contributed by atoms with Crippen LogP contribution in [0.1, 0.15) is 12.0 Å². The molecule has 0 unspecified atom stereocenters. The number of para-hydroxylation sites is 1. The van der Waals surface area contributed by atoms with Crippen molar-refractivity contribution >= 4 is 52.2 Å². The summed E-state index contributed by atoms with van der Waals surface area (Å²) in [7, 11) is 1.81. The van der Waals surface area contributed by atoms with Gasteiger partial charge in [-0.05, 0) is 46.3 Å². The molecule has 2 heterocycles. The minimum absolute atomic E-state index is 0. The zero-order chi connectivity index (χ0) is 15.9. The number of nitrogens with zero attached hydrogens (tertiary/aromatic N) is 2. The van der Waals surface area contributed by atoms with Crippen LogP contribution in [0.15, 0.2) is 58.3 Å². The first-order chi connectivity index (χ1) is 11.4. The summed E-state index contributed by atoms with van der Waals surface area (Å²) in [5.74, 6) is 0.855. The van der Waals surface area contributed by atoms with Crippen molar-refractivity contribution in [1.82, 2.24) is 15.2 Å². The van der Waals surface area contributed by atoms with Crippen LogP contribution in [0, 0.1) is 0 Å². The van der Waals surface area contributed by atoms with Crippen LogP contribution in [0.5, 0.6) is 0 Å². The van der Waals surface area contributed by atoms with Crippen molar-refractivity contribution in [2.75, 3.05) is 13.6 Å². The minimum Gasteiger partial charge on any atom is -0.356 e. The number of nitrogens with one attached hydrogen (secondary N) is 2. The second-order valence-electron chi connectivity index (χ2n) is 5.41. The van der Waals surface area contributed by atoms with Gasteiger partial charge < -0.3 is 15.2 Å². The van der Waals surface area contributed by atoms with E-state index in [1.165, 1.54) is 16.5 Å². The van der Waals surface area contributed by atoms with Gasteiger partial charge >= 0.3 is 0 Å². The lowest BCUT2D eigenvalue weighted by Crippen LogP contribution is -2.37. The third-order valence-electron chi connectivity index (χ3n) is 3.81. The van der Waals surface area contributed by atoms with Gasteiger partial charge in [0.2, 0.25) is 0 Å². The molecule has 0 aliphatic carbocycles. The average molecular weight is 454 g/mol. The number of fused-ring (bicyclic) bond motifs is 1. The molecule has 0 bridgehead atoms. The van der Waals surface area contributed by atoms with Crippen LogP contribution in [0.4, 0.5) is 0 Å². The molecule has 0 radical (unpaired) electrons. The molecule has 0 spiro atoms. The summed E-state index contributed by atoms with van der Waals surface area (Å²) in [5, 5.41) is 12.2. The predicted octanol–water partition coefficient (Wildman–Crippen LogP) is 4.08. The maximum Gasteiger partial charge on any atom is 0.191 e. The number of aliphatic imine (C=N–C) groups is 1. The van der Waals surface area contributed by atoms with Crippen molar-refractivity contribution < 1.29 is 0 Å². The molecule has 24 heavy (non-hydrogen) atoms. The zero-order valence-electron chi connectivity index (χ0n) is 13.7. The fourth-order valence-electron chi connectivity index (χ4n) is 2.59. The molecule has 0 saturated heterocycles. The molecule has 0 fully saturated rings. The SMILES string of the molecule is CN=C(NCCCn1ccc2ccccc21)NCc1ccsc1.I. The standard InChI is InChI=1S/C18H22N4S.HI/c1-19-18(21-13-15-8-12-23-14-15)20-9-4-10-22-11-7-16-5-2-3-6-17(16)22;/h2-3,5-8,11-12,14H,4,9-10,13H2,1H3,(H2,19,20,21);1H. The summed E-state index contributed by atoms with van der Waals surface area (Å²) in [4.78, 5) is 4.26. The van der Waals surface area contributed by atoms with Crippen molar-refractivity contribution in [2.45, 2.75) is 19.5 Å². The average Bonchev–Trinajstić information content (AvgIpc) is 3.24. The molecule has 2 aromatic heterocycles. The molecule has 0 aliphatic rings. The molecule has 1 aromatic carbocycles. The summed E-state index contributed by atoms with van der Waals surface area (Å²) in [6.07, 6.45) is 3.21. The summed E-state index contributed by atoms with van der Waals surface area (Å²) >= 11 is 1.72. The summed E-state index contributed by atoms with van der Waals surface area (Å²) in [5.41, 5.74) is 2.59. The minimum atomic E-state index is 0. The van der Waals surface area contributed by atoms with E-state index >= 15 is 0 Å². The predicted molar refractivity (Wildman–Crippen MR) is 114 cm³/mol. The molecule has 0 atom stereocenters. The molecular formula is C18H23IN4S. The van der Waals surface area contributed by atoms with Crippen LogP contribution in [0.3, 0.4) is 0 Å². The van der Waals surface area contributed by atoms with Gasteiger partial charge in [-0.25, -0.2) is 0 Å². The lowest BCUT2D eigenvalue weighted by atomic mass is 10.2. The Labute approximate surface area is 164 Å². The van der Waals surface area contributed by atoms with Crippen molar-refractivity contribution in [3.05, 3.63) is 58.9 Å². The Kier molecular flexibility index (Phi) is 7.58. The number of halogens is 1. The Balaban J connectivity index is 0.00000208. The number of hydrogen-bond donors (Lipinski definition) is 2. The van der Waals surface area contributed by atoms with Crippen LogP contribution in [-0.4, -0.2) is 24.1 Å². The van der Waals surface area contributed by atoms with Crippen molar-refractivity contribution in [3.63, 3.8) is 0 Å².